The van der Waals surface area contributed by atoms with E-state index in [9.17, 15) is 9.59 Å². The van der Waals surface area contributed by atoms with Crippen LogP contribution in [0.15, 0.2) is 11.4 Å². The second-order valence-electron chi connectivity index (χ2n) is 2.36. The molecular formula is C8H7ClO4S. The second kappa shape index (κ2) is 4.97. The first-order valence-electron chi connectivity index (χ1n) is 3.64. The third kappa shape index (κ3) is 3.01. The van der Waals surface area contributed by atoms with Gasteiger partial charge in [0.2, 0.25) is 6.79 Å². The molecule has 1 aromatic heterocycles. The minimum absolute atomic E-state index is 0.460. The molecule has 1 rings (SSSR count). The largest absolute Gasteiger partial charge is 0.424 e. The SMILES string of the molecule is Cc1ccsc1C(=O)OCOC(=O)Cl. The van der Waals surface area contributed by atoms with E-state index in [-0.39, 0.29) is 0 Å². The van der Waals surface area contributed by atoms with Gasteiger partial charge >= 0.3 is 11.4 Å². The summed E-state index contributed by atoms with van der Waals surface area (Å²) in [7, 11) is 0. The molecule has 0 radical (unpaired) electrons. The molecule has 0 saturated carbocycles. The van der Waals surface area contributed by atoms with Crippen molar-refractivity contribution in [2.24, 2.45) is 0 Å². The number of esters is 1. The van der Waals surface area contributed by atoms with Gasteiger partial charge in [-0.15, -0.1) is 11.3 Å². The van der Waals surface area contributed by atoms with Gasteiger partial charge < -0.3 is 9.47 Å². The fourth-order valence-electron chi connectivity index (χ4n) is 0.777. The quantitative estimate of drug-likeness (QED) is 0.458. The highest BCUT2D eigenvalue weighted by Crippen LogP contribution is 2.16. The van der Waals surface area contributed by atoms with Crippen LogP contribution in [0.3, 0.4) is 0 Å². The van der Waals surface area contributed by atoms with E-state index in [1.54, 1.807) is 18.4 Å². The molecule has 14 heavy (non-hydrogen) atoms. The molecule has 0 aromatic carbocycles. The molecule has 0 aliphatic carbocycles. The summed E-state index contributed by atoms with van der Waals surface area (Å²) in [6.07, 6.45) is 0. The van der Waals surface area contributed by atoms with Crippen LogP contribution >= 0.6 is 22.9 Å². The van der Waals surface area contributed by atoms with Crippen molar-refractivity contribution in [3.05, 3.63) is 21.9 Å². The van der Waals surface area contributed by atoms with Gasteiger partial charge in [0.25, 0.3) is 0 Å². The van der Waals surface area contributed by atoms with Crippen molar-refractivity contribution in [2.75, 3.05) is 6.79 Å². The van der Waals surface area contributed by atoms with Crippen LogP contribution in [0.25, 0.3) is 0 Å². The Morgan fingerprint density at radius 1 is 1.50 bits per heavy atom. The Bertz CT molecular complexity index is 347. The average Bonchev–Trinajstić information content (AvgIpc) is 2.50. The fraction of sp³-hybridized carbons (Fsp3) is 0.250. The van der Waals surface area contributed by atoms with Crippen LogP contribution in [0, 0.1) is 6.92 Å². The van der Waals surface area contributed by atoms with E-state index in [1.165, 1.54) is 11.3 Å². The third-order valence-corrected chi connectivity index (χ3v) is 2.52. The molecule has 0 atom stereocenters. The predicted molar refractivity (Wildman–Crippen MR) is 51.7 cm³/mol. The van der Waals surface area contributed by atoms with Crippen LogP contribution in [-0.2, 0) is 9.47 Å². The van der Waals surface area contributed by atoms with Crippen molar-refractivity contribution >= 4 is 34.3 Å². The molecule has 0 saturated heterocycles. The van der Waals surface area contributed by atoms with E-state index in [4.69, 9.17) is 11.6 Å². The maximum atomic E-state index is 11.3. The summed E-state index contributed by atoms with van der Waals surface area (Å²) in [5.41, 5.74) is -0.169. The Labute approximate surface area is 89.4 Å². The van der Waals surface area contributed by atoms with Crippen LogP contribution in [-0.4, -0.2) is 18.2 Å². The molecule has 6 heteroatoms. The highest BCUT2D eigenvalue weighted by molar-refractivity contribution is 7.12. The maximum Gasteiger partial charge on any atom is 0.406 e. The second-order valence-corrected chi connectivity index (χ2v) is 3.59. The number of carbonyl (C=O) groups excluding carboxylic acids is 2. The van der Waals surface area contributed by atoms with Gasteiger partial charge in [-0.05, 0) is 23.9 Å². The zero-order chi connectivity index (χ0) is 10.6. The number of ether oxygens (including phenoxy) is 2. The van der Waals surface area contributed by atoms with Gasteiger partial charge in [-0.2, -0.15) is 0 Å². The lowest BCUT2D eigenvalue weighted by Crippen LogP contribution is -2.09. The number of hydrogen-bond acceptors (Lipinski definition) is 5. The lowest BCUT2D eigenvalue weighted by molar-refractivity contribution is 0.00414. The Hall–Kier alpha value is -1.07. The number of carbonyl (C=O) groups is 2. The summed E-state index contributed by atoms with van der Waals surface area (Å²) < 4.78 is 8.86. The smallest absolute Gasteiger partial charge is 0.406 e. The van der Waals surface area contributed by atoms with Crippen molar-refractivity contribution in [1.29, 1.82) is 0 Å². The van der Waals surface area contributed by atoms with Crippen LogP contribution in [0.4, 0.5) is 4.79 Å². The van der Waals surface area contributed by atoms with E-state index in [2.05, 4.69) is 9.47 Å². The van der Waals surface area contributed by atoms with Crippen LogP contribution in [0.1, 0.15) is 15.2 Å². The molecule has 0 bridgehead atoms. The molecule has 1 aromatic rings. The molecule has 4 nitrogen and oxygen atoms in total. The Morgan fingerprint density at radius 2 is 2.21 bits per heavy atom. The number of thiophene rings is 1. The van der Waals surface area contributed by atoms with Crippen LogP contribution in [0.5, 0.6) is 0 Å². The Balaban J connectivity index is 2.44. The highest BCUT2D eigenvalue weighted by atomic mass is 35.5. The predicted octanol–water partition coefficient (Wildman–Crippen LogP) is 2.55. The minimum atomic E-state index is -0.999. The summed E-state index contributed by atoms with van der Waals surface area (Å²) in [4.78, 5) is 21.9. The molecule has 0 N–H and O–H groups in total. The van der Waals surface area contributed by atoms with Crippen molar-refractivity contribution in [2.45, 2.75) is 6.92 Å². The molecule has 0 spiro atoms. The van der Waals surface area contributed by atoms with Crippen molar-refractivity contribution in [3.63, 3.8) is 0 Å². The van der Waals surface area contributed by atoms with Crippen molar-refractivity contribution in [3.8, 4) is 0 Å². The van der Waals surface area contributed by atoms with Gasteiger partial charge in [0.05, 0.1) is 0 Å². The molecule has 0 unspecified atom stereocenters. The monoisotopic (exact) mass is 234 g/mol. The minimum Gasteiger partial charge on any atom is -0.424 e. The molecule has 0 aliphatic rings. The molecule has 0 fully saturated rings. The normalized spacial score (nSPS) is 9.57. The highest BCUT2D eigenvalue weighted by Gasteiger charge is 2.11. The summed E-state index contributed by atoms with van der Waals surface area (Å²) >= 11 is 6.14. The number of hydrogen-bond donors (Lipinski definition) is 0. The molecular weight excluding hydrogens is 228 g/mol. The van der Waals surface area contributed by atoms with Crippen molar-refractivity contribution in [1.82, 2.24) is 0 Å². The van der Waals surface area contributed by atoms with Gasteiger partial charge in [0.15, 0.2) is 0 Å². The first kappa shape index (κ1) is 11.0. The van der Waals surface area contributed by atoms with E-state index in [0.29, 0.717) is 4.88 Å². The van der Waals surface area contributed by atoms with E-state index in [1.807, 2.05) is 0 Å². The summed E-state index contributed by atoms with van der Waals surface area (Å²) in [6.45, 7) is 1.33. The average molecular weight is 235 g/mol. The lowest BCUT2D eigenvalue weighted by Gasteiger charge is -2.02. The van der Waals surface area contributed by atoms with Gasteiger partial charge in [0, 0.05) is 11.6 Å². The van der Waals surface area contributed by atoms with Crippen LogP contribution in [0.2, 0.25) is 0 Å². The van der Waals surface area contributed by atoms with Gasteiger partial charge in [-0.1, -0.05) is 0 Å². The van der Waals surface area contributed by atoms with Gasteiger partial charge in [-0.25, -0.2) is 9.59 Å². The fourth-order valence-corrected chi connectivity index (χ4v) is 1.64. The lowest BCUT2D eigenvalue weighted by atomic mass is 10.3. The number of aryl methyl sites for hydroxylation is 1. The summed E-state index contributed by atoms with van der Waals surface area (Å²) in [6, 6.07) is 1.80. The first-order valence-corrected chi connectivity index (χ1v) is 4.90. The first-order chi connectivity index (χ1) is 6.61. The van der Waals surface area contributed by atoms with Crippen molar-refractivity contribution < 1.29 is 19.1 Å². The molecule has 1 heterocycles. The van der Waals surface area contributed by atoms with Gasteiger partial charge in [-0.3, -0.25) is 0 Å². The number of rotatable bonds is 3. The zero-order valence-electron chi connectivity index (χ0n) is 7.28. The maximum absolute atomic E-state index is 11.3. The van der Waals surface area contributed by atoms with Crippen LogP contribution < -0.4 is 0 Å². The Morgan fingerprint density at radius 3 is 2.71 bits per heavy atom. The summed E-state index contributed by atoms with van der Waals surface area (Å²) in [5, 5.41) is 1.78. The topological polar surface area (TPSA) is 52.6 Å². The molecule has 0 amide bonds. The standard InChI is InChI=1S/C8H7ClO4S/c1-5-2-3-14-6(5)7(10)12-4-13-8(9)11/h2-3H,4H2,1H3. The Kier molecular flexibility index (Phi) is 3.91. The summed E-state index contributed by atoms with van der Waals surface area (Å²) in [5.74, 6) is -0.518. The van der Waals surface area contributed by atoms with E-state index < -0.39 is 18.2 Å². The van der Waals surface area contributed by atoms with Gasteiger partial charge in [0.1, 0.15) is 4.88 Å². The van der Waals surface area contributed by atoms with E-state index in [0.717, 1.165) is 5.56 Å². The third-order valence-electron chi connectivity index (χ3n) is 1.41. The zero-order valence-corrected chi connectivity index (χ0v) is 8.85. The van der Waals surface area contributed by atoms with E-state index >= 15 is 0 Å². The molecule has 0 aliphatic heterocycles. The molecule has 76 valence electrons. The number of halogens is 1.